The molecule has 2 N–H and O–H groups in total. The minimum atomic E-state index is -0.149. The van der Waals surface area contributed by atoms with Gasteiger partial charge in [0.25, 0.3) is 0 Å². The predicted molar refractivity (Wildman–Crippen MR) is 83.6 cm³/mol. The van der Waals surface area contributed by atoms with Gasteiger partial charge < -0.3 is 10.1 Å². The maximum absolute atomic E-state index is 12.4. The molecule has 1 aliphatic heterocycles. The Morgan fingerprint density at radius 1 is 1.39 bits per heavy atom. The van der Waals surface area contributed by atoms with Gasteiger partial charge in [0.05, 0.1) is 13.2 Å². The van der Waals surface area contributed by atoms with Gasteiger partial charge in [0.1, 0.15) is 11.9 Å². The van der Waals surface area contributed by atoms with Gasteiger partial charge in [-0.1, -0.05) is 0 Å². The van der Waals surface area contributed by atoms with E-state index in [2.05, 4.69) is 25.4 Å². The molecule has 2 aliphatic carbocycles. The lowest BCUT2D eigenvalue weighted by atomic mass is 10.1. The van der Waals surface area contributed by atoms with Gasteiger partial charge in [-0.2, -0.15) is 5.10 Å². The van der Waals surface area contributed by atoms with Crippen molar-refractivity contribution in [3.63, 3.8) is 0 Å². The van der Waals surface area contributed by atoms with Gasteiger partial charge in [-0.05, 0) is 44.4 Å². The van der Waals surface area contributed by atoms with Crippen molar-refractivity contribution in [2.24, 2.45) is 11.8 Å². The van der Waals surface area contributed by atoms with Crippen molar-refractivity contribution in [2.45, 2.75) is 44.8 Å². The molecule has 2 saturated carbocycles. The van der Waals surface area contributed by atoms with Crippen molar-refractivity contribution in [1.29, 1.82) is 0 Å². The first-order valence-corrected chi connectivity index (χ1v) is 8.71. The molecule has 4 rings (SSSR count). The molecule has 23 heavy (non-hydrogen) atoms. The number of carbonyl (C=O) groups excluding carboxylic acids is 1. The molecule has 1 atom stereocenters. The minimum Gasteiger partial charge on any atom is -0.367 e. The van der Waals surface area contributed by atoms with E-state index in [9.17, 15) is 4.79 Å². The number of hydrogen-bond donors (Lipinski definition) is 2. The van der Waals surface area contributed by atoms with Crippen molar-refractivity contribution in [2.75, 3.05) is 26.2 Å². The molecule has 126 valence electrons. The summed E-state index contributed by atoms with van der Waals surface area (Å²) in [6.45, 7) is 4.38. The van der Waals surface area contributed by atoms with E-state index in [0.717, 1.165) is 24.2 Å². The summed E-state index contributed by atoms with van der Waals surface area (Å²) in [5.41, 5.74) is 0. The highest BCUT2D eigenvalue weighted by atomic mass is 16.5. The number of amides is 1. The van der Waals surface area contributed by atoms with Crippen LogP contribution in [-0.2, 0) is 9.53 Å². The van der Waals surface area contributed by atoms with Crippen molar-refractivity contribution >= 4 is 5.91 Å². The Hall–Kier alpha value is -1.47. The van der Waals surface area contributed by atoms with Crippen LogP contribution in [0.25, 0.3) is 0 Å². The highest BCUT2D eigenvalue weighted by molar-refractivity contribution is 5.78. The fourth-order valence-electron chi connectivity index (χ4n) is 3.47. The predicted octanol–water partition coefficient (Wildman–Crippen LogP) is 0.791. The third-order valence-electron chi connectivity index (χ3n) is 5.01. The highest BCUT2D eigenvalue weighted by Gasteiger charge is 2.42. The number of morpholine rings is 1. The summed E-state index contributed by atoms with van der Waals surface area (Å²) in [7, 11) is 0. The molecule has 2 heterocycles. The molecule has 7 nitrogen and oxygen atoms in total. The van der Waals surface area contributed by atoms with E-state index in [0.29, 0.717) is 31.6 Å². The number of H-pyrrole nitrogens is 1. The normalized spacial score (nSPS) is 25.7. The van der Waals surface area contributed by atoms with Gasteiger partial charge in [-0.25, -0.2) is 4.98 Å². The van der Waals surface area contributed by atoms with Gasteiger partial charge in [0.2, 0.25) is 5.91 Å². The van der Waals surface area contributed by atoms with Crippen LogP contribution in [-0.4, -0.2) is 58.3 Å². The van der Waals surface area contributed by atoms with Crippen LogP contribution in [0.4, 0.5) is 0 Å². The van der Waals surface area contributed by atoms with Crippen LogP contribution in [0.3, 0.4) is 0 Å². The Bertz CT molecular complexity index is 555. The lowest BCUT2D eigenvalue weighted by molar-refractivity contribution is -0.125. The summed E-state index contributed by atoms with van der Waals surface area (Å²) < 4.78 is 5.75. The van der Waals surface area contributed by atoms with Crippen LogP contribution in [0.2, 0.25) is 0 Å². The van der Waals surface area contributed by atoms with Gasteiger partial charge in [-0.15, -0.1) is 0 Å². The first kappa shape index (κ1) is 15.1. The molecule has 0 radical (unpaired) electrons. The van der Waals surface area contributed by atoms with Gasteiger partial charge in [0, 0.05) is 19.1 Å². The number of nitrogens with zero attached hydrogens (tertiary/aromatic N) is 3. The maximum atomic E-state index is 12.4. The van der Waals surface area contributed by atoms with E-state index in [4.69, 9.17) is 4.74 Å². The largest absolute Gasteiger partial charge is 0.367 e. The van der Waals surface area contributed by atoms with Crippen LogP contribution in [0.15, 0.2) is 0 Å². The molecule has 3 aliphatic rings. The molecule has 1 saturated heterocycles. The third-order valence-corrected chi connectivity index (χ3v) is 5.01. The van der Waals surface area contributed by atoms with Crippen LogP contribution in [0.5, 0.6) is 0 Å². The van der Waals surface area contributed by atoms with E-state index >= 15 is 0 Å². The standard InChI is InChI=1S/C16H25N5O2/c1-10-17-16(20-19-10)13-8-21(6-7-23-13)9-14(22)18-15(11-2-3-11)12-4-5-12/h11-13,15H,2-9H2,1H3,(H,18,22)(H,17,19,20). The van der Waals surface area contributed by atoms with E-state index in [1.165, 1.54) is 25.7 Å². The van der Waals surface area contributed by atoms with Gasteiger partial charge in [-0.3, -0.25) is 14.8 Å². The number of hydrogen-bond acceptors (Lipinski definition) is 5. The van der Waals surface area contributed by atoms with Crippen LogP contribution < -0.4 is 5.32 Å². The Balaban J connectivity index is 1.30. The summed E-state index contributed by atoms with van der Waals surface area (Å²) in [6, 6.07) is 0.426. The molecule has 1 amide bonds. The molecule has 1 aromatic heterocycles. The van der Waals surface area contributed by atoms with E-state index < -0.39 is 0 Å². The van der Waals surface area contributed by atoms with E-state index in [1.807, 2.05) is 6.92 Å². The fraction of sp³-hybridized carbons (Fsp3) is 0.812. The second-order valence-corrected chi connectivity index (χ2v) is 7.14. The van der Waals surface area contributed by atoms with Crippen LogP contribution >= 0.6 is 0 Å². The van der Waals surface area contributed by atoms with Crippen molar-refractivity contribution in [3.05, 3.63) is 11.6 Å². The zero-order valence-electron chi connectivity index (χ0n) is 13.6. The molecule has 7 heteroatoms. The Kier molecular flexibility index (Phi) is 4.07. The molecule has 1 unspecified atom stereocenters. The molecular weight excluding hydrogens is 294 g/mol. The highest BCUT2D eigenvalue weighted by Crippen LogP contribution is 2.44. The molecule has 1 aromatic rings. The average Bonchev–Trinajstić information content (AvgIpc) is 3.44. The smallest absolute Gasteiger partial charge is 0.234 e. The number of carbonyl (C=O) groups is 1. The number of aromatic nitrogens is 3. The molecule has 0 bridgehead atoms. The average molecular weight is 319 g/mol. The topological polar surface area (TPSA) is 83.1 Å². The van der Waals surface area contributed by atoms with Crippen molar-refractivity contribution in [3.8, 4) is 0 Å². The van der Waals surface area contributed by atoms with Crippen molar-refractivity contribution < 1.29 is 9.53 Å². The van der Waals surface area contributed by atoms with Crippen molar-refractivity contribution in [1.82, 2.24) is 25.4 Å². The molecule has 0 spiro atoms. The van der Waals surface area contributed by atoms with E-state index in [-0.39, 0.29) is 12.0 Å². The fourth-order valence-corrected chi connectivity index (χ4v) is 3.47. The molecule has 0 aromatic carbocycles. The molecule has 3 fully saturated rings. The summed E-state index contributed by atoms with van der Waals surface area (Å²) in [5.74, 6) is 3.09. The minimum absolute atomic E-state index is 0.149. The SMILES string of the molecule is Cc1nc(C2CN(CC(=O)NC(C3CC3)C3CC3)CCO2)n[nH]1. The second kappa shape index (κ2) is 6.20. The maximum Gasteiger partial charge on any atom is 0.234 e. The zero-order chi connectivity index (χ0) is 15.8. The lowest BCUT2D eigenvalue weighted by Gasteiger charge is -2.31. The first-order chi connectivity index (χ1) is 11.2. The Morgan fingerprint density at radius 3 is 2.74 bits per heavy atom. The van der Waals surface area contributed by atoms with Crippen LogP contribution in [0, 0.1) is 18.8 Å². The van der Waals surface area contributed by atoms with Gasteiger partial charge >= 0.3 is 0 Å². The number of aryl methyl sites for hydroxylation is 1. The zero-order valence-corrected chi connectivity index (χ0v) is 13.6. The number of rotatable bonds is 6. The third kappa shape index (κ3) is 3.72. The van der Waals surface area contributed by atoms with E-state index in [1.54, 1.807) is 0 Å². The van der Waals surface area contributed by atoms with Gasteiger partial charge in [0.15, 0.2) is 5.82 Å². The first-order valence-electron chi connectivity index (χ1n) is 8.71. The summed E-state index contributed by atoms with van der Waals surface area (Å²) >= 11 is 0. The summed E-state index contributed by atoms with van der Waals surface area (Å²) in [6.07, 6.45) is 4.98. The summed E-state index contributed by atoms with van der Waals surface area (Å²) in [4.78, 5) is 18.9. The monoisotopic (exact) mass is 319 g/mol. The van der Waals surface area contributed by atoms with Crippen LogP contribution in [0.1, 0.15) is 43.4 Å². The quantitative estimate of drug-likeness (QED) is 0.810. The summed E-state index contributed by atoms with van der Waals surface area (Å²) in [5, 5.41) is 10.3. The Morgan fingerprint density at radius 2 is 2.13 bits per heavy atom. The second-order valence-electron chi connectivity index (χ2n) is 7.14. The number of nitrogens with one attached hydrogen (secondary N) is 2. The number of ether oxygens (including phenoxy) is 1. The Labute approximate surface area is 136 Å². The lowest BCUT2D eigenvalue weighted by Crippen LogP contribution is -2.47. The molecular formula is C16H25N5O2. The number of aromatic amines is 1.